The molecular formula is C63H121NO6. The molecule has 0 saturated heterocycles. The van der Waals surface area contributed by atoms with Crippen LogP contribution in [0.5, 0.6) is 0 Å². The zero-order valence-electron chi connectivity index (χ0n) is 46.9. The molecule has 0 aliphatic carbocycles. The minimum absolute atomic E-state index is 0.00187. The van der Waals surface area contributed by atoms with Crippen LogP contribution in [0.2, 0.25) is 0 Å². The van der Waals surface area contributed by atoms with Crippen molar-refractivity contribution in [1.82, 2.24) is 5.32 Å². The molecule has 0 radical (unpaired) electrons. The number of carbonyl (C=O) groups excluding carboxylic acids is 2. The van der Waals surface area contributed by atoms with Crippen LogP contribution in [-0.4, -0.2) is 58.7 Å². The molecule has 0 saturated carbocycles. The van der Waals surface area contributed by atoms with Crippen molar-refractivity contribution in [3.63, 3.8) is 0 Å². The van der Waals surface area contributed by atoms with E-state index in [-0.39, 0.29) is 18.5 Å². The van der Waals surface area contributed by atoms with Crippen molar-refractivity contribution < 1.29 is 29.6 Å². The van der Waals surface area contributed by atoms with Gasteiger partial charge in [0.15, 0.2) is 0 Å². The summed E-state index contributed by atoms with van der Waals surface area (Å²) < 4.78 is 5.48. The smallest absolute Gasteiger partial charge is 0.305 e. The van der Waals surface area contributed by atoms with Gasteiger partial charge >= 0.3 is 5.97 Å². The zero-order chi connectivity index (χ0) is 50.9. The molecule has 0 heterocycles. The summed E-state index contributed by atoms with van der Waals surface area (Å²) >= 11 is 0. The fraction of sp³-hybridized carbons (Fsp3) is 0.905. The number of amides is 1. The van der Waals surface area contributed by atoms with Crippen LogP contribution < -0.4 is 5.32 Å². The predicted molar refractivity (Wildman–Crippen MR) is 302 cm³/mol. The Bertz CT molecular complexity index is 1110. The maximum atomic E-state index is 12.5. The second-order valence-electron chi connectivity index (χ2n) is 21.5. The van der Waals surface area contributed by atoms with Crippen molar-refractivity contribution in [3.8, 4) is 0 Å². The van der Waals surface area contributed by atoms with E-state index in [2.05, 4.69) is 43.5 Å². The largest absolute Gasteiger partial charge is 0.466 e. The molecule has 0 aliphatic rings. The number of rotatable bonds is 58. The topological polar surface area (TPSA) is 116 Å². The number of carbonyl (C=O) groups is 2. The molecule has 1 amide bonds. The van der Waals surface area contributed by atoms with Crippen molar-refractivity contribution in [1.29, 1.82) is 0 Å². The third-order valence-electron chi connectivity index (χ3n) is 14.6. The number of ether oxygens (including phenoxy) is 1. The van der Waals surface area contributed by atoms with Crippen molar-refractivity contribution in [2.24, 2.45) is 0 Å². The van der Waals surface area contributed by atoms with Crippen molar-refractivity contribution in [3.05, 3.63) is 24.3 Å². The van der Waals surface area contributed by atoms with Crippen molar-refractivity contribution in [2.45, 2.75) is 353 Å². The molecule has 3 atom stereocenters. The van der Waals surface area contributed by atoms with Gasteiger partial charge in [0.2, 0.25) is 5.91 Å². The number of allylic oxidation sites excluding steroid dienone is 4. The van der Waals surface area contributed by atoms with E-state index in [0.29, 0.717) is 25.9 Å². The van der Waals surface area contributed by atoms with E-state index in [9.17, 15) is 24.9 Å². The molecular weight excluding hydrogens is 867 g/mol. The lowest BCUT2D eigenvalue weighted by Gasteiger charge is -2.26. The summed E-state index contributed by atoms with van der Waals surface area (Å²) in [5, 5.41) is 33.6. The number of unbranched alkanes of at least 4 members (excludes halogenated alkanes) is 42. The first-order valence-electron chi connectivity index (χ1n) is 31.2. The van der Waals surface area contributed by atoms with Gasteiger partial charge in [-0.1, -0.05) is 289 Å². The quantitative estimate of drug-likeness (QED) is 0.0274. The average molecular weight is 989 g/mol. The molecule has 7 heteroatoms. The third-order valence-corrected chi connectivity index (χ3v) is 14.6. The third kappa shape index (κ3) is 52.6. The maximum Gasteiger partial charge on any atom is 0.305 e. The fourth-order valence-electron chi connectivity index (χ4n) is 9.77. The molecule has 0 bridgehead atoms. The van der Waals surface area contributed by atoms with E-state index < -0.39 is 18.2 Å². The van der Waals surface area contributed by atoms with Gasteiger partial charge in [-0.15, -0.1) is 0 Å². The molecule has 0 fully saturated rings. The molecule has 0 aromatic rings. The van der Waals surface area contributed by atoms with Gasteiger partial charge in [0.1, 0.15) is 6.10 Å². The molecule has 0 unspecified atom stereocenters. The molecule has 0 rings (SSSR count). The minimum Gasteiger partial charge on any atom is -0.466 e. The Hall–Kier alpha value is -1.70. The van der Waals surface area contributed by atoms with E-state index in [1.807, 2.05) is 0 Å². The van der Waals surface area contributed by atoms with Crippen LogP contribution in [0.3, 0.4) is 0 Å². The van der Waals surface area contributed by atoms with E-state index in [0.717, 1.165) is 64.2 Å². The highest BCUT2D eigenvalue weighted by Crippen LogP contribution is 2.18. The number of esters is 1. The van der Waals surface area contributed by atoms with Crippen LogP contribution in [0.1, 0.15) is 335 Å². The van der Waals surface area contributed by atoms with Gasteiger partial charge in [0.25, 0.3) is 0 Å². The second kappa shape index (κ2) is 58.2. The first-order valence-corrected chi connectivity index (χ1v) is 31.2. The lowest BCUT2D eigenvalue weighted by Crippen LogP contribution is -2.50. The summed E-state index contributed by atoms with van der Waals surface area (Å²) in [6.07, 6.45) is 67.9. The van der Waals surface area contributed by atoms with Gasteiger partial charge in [0, 0.05) is 12.8 Å². The van der Waals surface area contributed by atoms with Gasteiger partial charge < -0.3 is 25.4 Å². The van der Waals surface area contributed by atoms with Crippen molar-refractivity contribution >= 4 is 11.9 Å². The molecule has 0 aromatic carbocycles. The summed E-state index contributed by atoms with van der Waals surface area (Å²) in [6, 6.07) is -0.813. The summed E-state index contributed by atoms with van der Waals surface area (Å²) in [5.74, 6) is -0.148. The Morgan fingerprint density at radius 2 is 0.743 bits per heavy atom. The summed E-state index contributed by atoms with van der Waals surface area (Å²) in [5.41, 5.74) is 0. The lowest BCUT2D eigenvalue weighted by molar-refractivity contribution is -0.143. The lowest BCUT2D eigenvalue weighted by atomic mass is 9.99. The Kier molecular flexibility index (Phi) is 56.8. The minimum atomic E-state index is -1.14. The SMILES string of the molecule is CCCCC/C=C\C/C=C\CCCCCCCC(=O)OCCCCCCCCCCCCCCCCCCCCCCCCCCC(=O)N[C@@H](CO)[C@H](O)[C@H](O)CCCCCCCCCCCCCC. The van der Waals surface area contributed by atoms with Crippen LogP contribution in [0, 0.1) is 0 Å². The van der Waals surface area contributed by atoms with E-state index in [1.165, 1.54) is 238 Å². The Balaban J connectivity index is 3.41. The monoisotopic (exact) mass is 988 g/mol. The number of aliphatic hydroxyl groups excluding tert-OH is 3. The van der Waals surface area contributed by atoms with E-state index in [4.69, 9.17) is 4.74 Å². The standard InChI is InChI=1S/C63H121NO6/c1-3-5-7-9-11-13-15-17-28-32-36-40-44-48-52-56-62(68)70-57-53-49-45-41-37-33-30-27-25-23-21-19-18-20-22-24-26-29-31-35-39-43-47-51-55-61(67)64-59(58-65)63(69)60(66)54-50-46-42-38-34-16-14-12-10-8-6-4-2/h11,13,17,28,59-60,63,65-66,69H,3-10,12,14-16,18-27,29-58H2,1-2H3,(H,64,67)/b13-11-,28-17-/t59-,60+,63-/m0/s1. The number of hydrogen-bond donors (Lipinski definition) is 4. The number of aliphatic hydroxyl groups is 3. The van der Waals surface area contributed by atoms with Crippen LogP contribution in [-0.2, 0) is 14.3 Å². The number of hydrogen-bond acceptors (Lipinski definition) is 6. The predicted octanol–water partition coefficient (Wildman–Crippen LogP) is 18.4. The average Bonchev–Trinajstić information content (AvgIpc) is 3.36. The molecule has 0 spiro atoms. The van der Waals surface area contributed by atoms with Crippen LogP contribution in [0.4, 0.5) is 0 Å². The second-order valence-corrected chi connectivity index (χ2v) is 21.5. The van der Waals surface area contributed by atoms with Crippen molar-refractivity contribution in [2.75, 3.05) is 13.2 Å². The van der Waals surface area contributed by atoms with Crippen LogP contribution in [0.15, 0.2) is 24.3 Å². The first-order chi connectivity index (χ1) is 34.5. The molecule has 70 heavy (non-hydrogen) atoms. The molecule has 414 valence electrons. The highest BCUT2D eigenvalue weighted by molar-refractivity contribution is 5.76. The summed E-state index contributed by atoms with van der Waals surface area (Å²) in [4.78, 5) is 24.5. The van der Waals surface area contributed by atoms with Crippen LogP contribution >= 0.6 is 0 Å². The number of nitrogens with one attached hydrogen (secondary N) is 1. The molecule has 7 nitrogen and oxygen atoms in total. The van der Waals surface area contributed by atoms with Gasteiger partial charge in [0.05, 0.1) is 25.4 Å². The molecule has 4 N–H and O–H groups in total. The Labute approximate surface area is 435 Å². The fourth-order valence-corrected chi connectivity index (χ4v) is 9.77. The van der Waals surface area contributed by atoms with Crippen LogP contribution in [0.25, 0.3) is 0 Å². The molecule has 0 aliphatic heterocycles. The highest BCUT2D eigenvalue weighted by atomic mass is 16.5. The van der Waals surface area contributed by atoms with E-state index >= 15 is 0 Å². The Morgan fingerprint density at radius 3 is 1.16 bits per heavy atom. The summed E-state index contributed by atoms with van der Waals surface area (Å²) in [6.45, 7) is 4.74. The normalized spacial score (nSPS) is 13.2. The maximum absolute atomic E-state index is 12.5. The van der Waals surface area contributed by atoms with E-state index in [1.54, 1.807) is 0 Å². The van der Waals surface area contributed by atoms with Gasteiger partial charge in [-0.3, -0.25) is 9.59 Å². The first kappa shape index (κ1) is 68.3. The van der Waals surface area contributed by atoms with Gasteiger partial charge in [-0.05, 0) is 57.8 Å². The zero-order valence-corrected chi connectivity index (χ0v) is 46.9. The summed E-state index contributed by atoms with van der Waals surface area (Å²) in [7, 11) is 0. The highest BCUT2D eigenvalue weighted by Gasteiger charge is 2.26. The molecule has 0 aromatic heterocycles. The van der Waals surface area contributed by atoms with Gasteiger partial charge in [-0.2, -0.15) is 0 Å². The van der Waals surface area contributed by atoms with Gasteiger partial charge in [-0.25, -0.2) is 0 Å². The Morgan fingerprint density at radius 1 is 0.414 bits per heavy atom.